The monoisotopic (exact) mass is 266 g/mol. The van der Waals surface area contributed by atoms with Crippen LogP contribution < -0.4 is 4.90 Å². The van der Waals surface area contributed by atoms with E-state index in [1.54, 1.807) is 0 Å². The Hall–Kier alpha value is -0.540. The minimum Gasteiger partial charge on any atom is -0.366 e. The molecule has 2 fully saturated rings. The molecule has 2 heterocycles. The van der Waals surface area contributed by atoms with Gasteiger partial charge in [-0.05, 0) is 37.7 Å². The summed E-state index contributed by atoms with van der Waals surface area (Å²) in [6.45, 7) is 2.42. The summed E-state index contributed by atoms with van der Waals surface area (Å²) in [5.41, 5.74) is 1.37. The Kier molecular flexibility index (Phi) is 2.25. The highest BCUT2D eigenvalue weighted by Crippen LogP contribution is 2.33. The molecule has 2 atom stereocenters. The first kappa shape index (κ1) is 9.67. The zero-order chi connectivity index (χ0) is 10.4. The van der Waals surface area contributed by atoms with Crippen LogP contribution in [0.5, 0.6) is 0 Å². The quantitative estimate of drug-likeness (QED) is 0.770. The van der Waals surface area contributed by atoms with E-state index in [1.165, 1.54) is 25.2 Å². The molecule has 0 N–H and O–H groups in total. The number of anilines is 1. The number of fused-ring (bicyclic) bond motifs is 2. The standard InChI is InChI=1S/C12H15BrN2/c1-14-7-12-6-11(14)8-15(12)10-4-2-9(13)3-5-10/h2-5,11-12H,6-8H2,1H3/t11-,12-/m1/s1. The van der Waals surface area contributed by atoms with Crippen LogP contribution in [0.3, 0.4) is 0 Å². The number of hydrogen-bond acceptors (Lipinski definition) is 2. The summed E-state index contributed by atoms with van der Waals surface area (Å²) in [6.07, 6.45) is 1.34. The number of likely N-dealkylation sites (tertiary alicyclic amines) is 1. The van der Waals surface area contributed by atoms with Crippen molar-refractivity contribution in [3.05, 3.63) is 28.7 Å². The number of nitrogens with zero attached hydrogens (tertiary/aromatic N) is 2. The largest absolute Gasteiger partial charge is 0.366 e. The van der Waals surface area contributed by atoms with E-state index in [9.17, 15) is 0 Å². The highest BCUT2D eigenvalue weighted by Gasteiger charge is 2.41. The van der Waals surface area contributed by atoms with Crippen LogP contribution in [0.4, 0.5) is 5.69 Å². The van der Waals surface area contributed by atoms with Crippen molar-refractivity contribution in [2.45, 2.75) is 18.5 Å². The Labute approximate surface area is 99.0 Å². The van der Waals surface area contributed by atoms with Crippen LogP contribution in [0, 0.1) is 0 Å². The van der Waals surface area contributed by atoms with Gasteiger partial charge in [-0.25, -0.2) is 0 Å². The summed E-state index contributed by atoms with van der Waals surface area (Å²) in [5, 5.41) is 0. The fourth-order valence-electron chi connectivity index (χ4n) is 2.81. The number of hydrogen-bond donors (Lipinski definition) is 0. The van der Waals surface area contributed by atoms with E-state index in [-0.39, 0.29) is 0 Å². The Morgan fingerprint density at radius 1 is 1.13 bits per heavy atom. The van der Waals surface area contributed by atoms with Gasteiger partial charge in [0.25, 0.3) is 0 Å². The highest BCUT2D eigenvalue weighted by molar-refractivity contribution is 9.10. The van der Waals surface area contributed by atoms with Crippen LogP contribution in [0.25, 0.3) is 0 Å². The zero-order valence-corrected chi connectivity index (χ0v) is 10.4. The predicted molar refractivity (Wildman–Crippen MR) is 66.3 cm³/mol. The first-order valence-corrected chi connectivity index (χ1v) is 6.26. The van der Waals surface area contributed by atoms with Gasteiger partial charge in [-0.15, -0.1) is 0 Å². The summed E-state index contributed by atoms with van der Waals surface area (Å²) in [6, 6.07) is 10.2. The second-order valence-electron chi connectivity index (χ2n) is 4.61. The molecule has 0 aromatic heterocycles. The summed E-state index contributed by atoms with van der Waals surface area (Å²) in [7, 11) is 2.24. The van der Waals surface area contributed by atoms with Crippen molar-refractivity contribution in [1.29, 1.82) is 0 Å². The Morgan fingerprint density at radius 3 is 2.40 bits per heavy atom. The molecule has 80 valence electrons. The molecule has 0 radical (unpaired) electrons. The van der Waals surface area contributed by atoms with Crippen LogP contribution in [0.2, 0.25) is 0 Å². The van der Waals surface area contributed by atoms with Gasteiger partial charge in [0, 0.05) is 35.3 Å². The molecule has 2 aliphatic rings. The van der Waals surface area contributed by atoms with E-state index in [0.29, 0.717) is 0 Å². The Bertz CT molecular complexity index is 360. The van der Waals surface area contributed by atoms with Crippen LogP contribution in [0.15, 0.2) is 28.7 Å². The van der Waals surface area contributed by atoms with Crippen molar-refractivity contribution in [3.8, 4) is 0 Å². The van der Waals surface area contributed by atoms with Crippen LogP contribution in [-0.4, -0.2) is 37.1 Å². The number of likely N-dealkylation sites (N-methyl/N-ethyl adjacent to an activating group) is 1. The molecule has 0 aliphatic carbocycles. The van der Waals surface area contributed by atoms with Gasteiger partial charge >= 0.3 is 0 Å². The maximum Gasteiger partial charge on any atom is 0.0433 e. The molecule has 2 aliphatic heterocycles. The molecule has 15 heavy (non-hydrogen) atoms. The molecular formula is C12H15BrN2. The zero-order valence-electron chi connectivity index (χ0n) is 8.86. The van der Waals surface area contributed by atoms with Crippen molar-refractivity contribution in [1.82, 2.24) is 4.90 Å². The summed E-state index contributed by atoms with van der Waals surface area (Å²) < 4.78 is 1.16. The van der Waals surface area contributed by atoms with E-state index in [1.807, 2.05) is 0 Å². The van der Waals surface area contributed by atoms with Crippen molar-refractivity contribution in [2.24, 2.45) is 0 Å². The maximum atomic E-state index is 3.48. The molecule has 1 aromatic carbocycles. The van der Waals surface area contributed by atoms with Crippen LogP contribution >= 0.6 is 15.9 Å². The molecule has 3 heteroatoms. The van der Waals surface area contributed by atoms with Gasteiger partial charge in [0.05, 0.1) is 0 Å². The lowest BCUT2D eigenvalue weighted by molar-refractivity contribution is 0.292. The van der Waals surface area contributed by atoms with Gasteiger partial charge in [0.15, 0.2) is 0 Å². The van der Waals surface area contributed by atoms with E-state index >= 15 is 0 Å². The van der Waals surface area contributed by atoms with E-state index < -0.39 is 0 Å². The number of benzene rings is 1. The topological polar surface area (TPSA) is 6.48 Å². The second-order valence-corrected chi connectivity index (χ2v) is 5.53. The molecule has 2 bridgehead atoms. The maximum absolute atomic E-state index is 3.48. The lowest BCUT2D eigenvalue weighted by atomic mass is 10.2. The van der Waals surface area contributed by atoms with Gasteiger partial charge in [-0.2, -0.15) is 0 Å². The van der Waals surface area contributed by atoms with E-state index in [2.05, 4.69) is 57.0 Å². The molecule has 1 aromatic rings. The number of halogens is 1. The average molecular weight is 267 g/mol. The molecule has 0 amide bonds. The first-order chi connectivity index (χ1) is 7.24. The third-order valence-electron chi connectivity index (χ3n) is 3.67. The van der Waals surface area contributed by atoms with Crippen molar-refractivity contribution >= 4 is 21.6 Å². The molecule has 0 spiro atoms. The van der Waals surface area contributed by atoms with E-state index in [4.69, 9.17) is 0 Å². The fourth-order valence-corrected chi connectivity index (χ4v) is 3.08. The molecule has 0 saturated carbocycles. The lowest BCUT2D eigenvalue weighted by Gasteiger charge is -2.33. The van der Waals surface area contributed by atoms with Gasteiger partial charge in [0.2, 0.25) is 0 Å². The first-order valence-electron chi connectivity index (χ1n) is 5.46. The smallest absolute Gasteiger partial charge is 0.0433 e. The average Bonchev–Trinajstić information content (AvgIpc) is 2.77. The third kappa shape index (κ3) is 1.58. The van der Waals surface area contributed by atoms with Crippen molar-refractivity contribution in [2.75, 3.05) is 25.0 Å². The van der Waals surface area contributed by atoms with Gasteiger partial charge < -0.3 is 4.90 Å². The highest BCUT2D eigenvalue weighted by atomic mass is 79.9. The Balaban J connectivity index is 1.83. The van der Waals surface area contributed by atoms with E-state index in [0.717, 1.165) is 16.6 Å². The second kappa shape index (κ2) is 3.49. The number of rotatable bonds is 1. The predicted octanol–water partition coefficient (Wildman–Crippen LogP) is 2.34. The minimum absolute atomic E-state index is 0.737. The molecular weight excluding hydrogens is 252 g/mol. The lowest BCUT2D eigenvalue weighted by Crippen LogP contribution is -2.44. The third-order valence-corrected chi connectivity index (χ3v) is 4.20. The minimum atomic E-state index is 0.737. The van der Waals surface area contributed by atoms with Gasteiger partial charge in [-0.1, -0.05) is 15.9 Å². The van der Waals surface area contributed by atoms with Crippen molar-refractivity contribution in [3.63, 3.8) is 0 Å². The van der Waals surface area contributed by atoms with Gasteiger partial charge in [-0.3, -0.25) is 4.90 Å². The molecule has 0 unspecified atom stereocenters. The normalized spacial score (nSPS) is 30.1. The SMILES string of the molecule is CN1C[C@H]2C[C@@H]1CN2c1ccc(Br)cc1. The van der Waals surface area contributed by atoms with Crippen LogP contribution in [0.1, 0.15) is 6.42 Å². The Morgan fingerprint density at radius 2 is 1.87 bits per heavy atom. The van der Waals surface area contributed by atoms with Crippen LogP contribution in [-0.2, 0) is 0 Å². The summed E-state index contributed by atoms with van der Waals surface area (Å²) in [4.78, 5) is 5.04. The van der Waals surface area contributed by atoms with Crippen molar-refractivity contribution < 1.29 is 0 Å². The molecule has 2 saturated heterocycles. The summed E-state index contributed by atoms with van der Waals surface area (Å²) >= 11 is 3.48. The summed E-state index contributed by atoms with van der Waals surface area (Å²) in [5.74, 6) is 0. The molecule has 2 nitrogen and oxygen atoms in total. The van der Waals surface area contributed by atoms with Gasteiger partial charge in [0.1, 0.15) is 0 Å². The molecule has 3 rings (SSSR count). The fraction of sp³-hybridized carbons (Fsp3) is 0.500. The number of piperazine rings is 1.